The lowest BCUT2D eigenvalue weighted by atomic mass is 10.1. The van der Waals surface area contributed by atoms with E-state index >= 15 is 0 Å². The highest BCUT2D eigenvalue weighted by Gasteiger charge is 2.26. The molecule has 1 rings (SSSR count). The van der Waals surface area contributed by atoms with Gasteiger partial charge in [0.1, 0.15) is 11.6 Å². The molecule has 1 unspecified atom stereocenters. The summed E-state index contributed by atoms with van der Waals surface area (Å²) in [6, 6.07) is 3.02. The summed E-state index contributed by atoms with van der Waals surface area (Å²) in [5.41, 5.74) is -0.0845. The summed E-state index contributed by atoms with van der Waals surface area (Å²) < 4.78 is 37.1. The Morgan fingerprint density at radius 1 is 1.12 bits per heavy atom. The van der Waals surface area contributed by atoms with Gasteiger partial charge < -0.3 is 14.8 Å². The first-order valence-corrected chi connectivity index (χ1v) is 4.82. The van der Waals surface area contributed by atoms with Crippen LogP contribution in [-0.4, -0.2) is 27.6 Å². The van der Waals surface area contributed by atoms with E-state index in [1.807, 2.05) is 0 Å². The molecule has 0 saturated heterocycles. The van der Waals surface area contributed by atoms with E-state index in [0.29, 0.717) is 0 Å². The molecule has 0 bridgehead atoms. The van der Waals surface area contributed by atoms with Crippen LogP contribution in [0.3, 0.4) is 0 Å². The van der Waals surface area contributed by atoms with Gasteiger partial charge in [-0.2, -0.15) is 0 Å². The smallest absolute Gasteiger partial charge is 0.176 e. The Morgan fingerprint density at radius 3 is 2.00 bits per heavy atom. The van der Waals surface area contributed by atoms with Gasteiger partial charge in [0, 0.05) is 19.8 Å². The van der Waals surface area contributed by atoms with Crippen LogP contribution in [0, 0.1) is 11.6 Å². The van der Waals surface area contributed by atoms with Gasteiger partial charge >= 0.3 is 0 Å². The monoisotopic (exact) mass is 231 g/mol. The quantitative estimate of drug-likeness (QED) is 0.784. The molecule has 0 aromatic heterocycles. The van der Waals surface area contributed by atoms with Crippen molar-refractivity contribution in [1.82, 2.24) is 5.32 Å². The topological polar surface area (TPSA) is 30.5 Å². The second-order valence-corrected chi connectivity index (χ2v) is 3.24. The molecular weight excluding hydrogens is 216 g/mol. The highest BCUT2D eigenvalue weighted by atomic mass is 19.1. The maximum atomic E-state index is 13.5. The summed E-state index contributed by atoms with van der Waals surface area (Å²) in [5.74, 6) is -1.25. The van der Waals surface area contributed by atoms with E-state index in [2.05, 4.69) is 5.32 Å². The number of nitrogens with one attached hydrogen (secondary N) is 1. The number of likely N-dealkylation sites (N-methyl/N-ethyl adjacent to an activating group) is 1. The van der Waals surface area contributed by atoms with Gasteiger partial charge in [0.2, 0.25) is 0 Å². The molecule has 0 amide bonds. The zero-order chi connectivity index (χ0) is 12.1. The number of ether oxygens (including phenoxy) is 2. The predicted molar refractivity (Wildman–Crippen MR) is 56.0 cm³/mol. The maximum Gasteiger partial charge on any atom is 0.176 e. The lowest BCUT2D eigenvalue weighted by molar-refractivity contribution is -0.124. The summed E-state index contributed by atoms with van der Waals surface area (Å²) in [6.45, 7) is 0. The lowest BCUT2D eigenvalue weighted by Gasteiger charge is -2.25. The Labute approximate surface area is 93.4 Å². The van der Waals surface area contributed by atoms with E-state index in [1.54, 1.807) is 7.05 Å². The second kappa shape index (κ2) is 5.89. The fraction of sp³-hybridized carbons (Fsp3) is 0.455. The van der Waals surface area contributed by atoms with E-state index in [9.17, 15) is 8.78 Å². The SMILES string of the molecule is CNC(c1c(F)cccc1F)C(OC)OC. The zero-order valence-corrected chi connectivity index (χ0v) is 9.46. The first-order chi connectivity index (χ1) is 7.65. The molecule has 0 aliphatic carbocycles. The number of methoxy groups -OCH3 is 2. The van der Waals surface area contributed by atoms with Crippen molar-refractivity contribution in [3.8, 4) is 0 Å². The number of hydrogen-bond acceptors (Lipinski definition) is 3. The molecule has 90 valence electrons. The van der Waals surface area contributed by atoms with Crippen LogP contribution < -0.4 is 5.32 Å². The van der Waals surface area contributed by atoms with Crippen molar-refractivity contribution in [2.45, 2.75) is 12.3 Å². The predicted octanol–water partition coefficient (Wildman–Crippen LogP) is 1.84. The molecule has 0 fully saturated rings. The molecule has 1 aromatic carbocycles. The van der Waals surface area contributed by atoms with E-state index < -0.39 is 24.0 Å². The molecule has 1 N–H and O–H groups in total. The Balaban J connectivity index is 3.12. The average Bonchev–Trinajstić information content (AvgIpc) is 2.28. The van der Waals surface area contributed by atoms with Crippen LogP contribution in [0.15, 0.2) is 18.2 Å². The van der Waals surface area contributed by atoms with Crippen molar-refractivity contribution in [3.63, 3.8) is 0 Å². The van der Waals surface area contributed by atoms with Crippen LogP contribution in [-0.2, 0) is 9.47 Å². The summed E-state index contributed by atoms with van der Waals surface area (Å²) in [4.78, 5) is 0. The Morgan fingerprint density at radius 2 is 1.62 bits per heavy atom. The van der Waals surface area contributed by atoms with E-state index in [0.717, 1.165) is 0 Å². The summed E-state index contributed by atoms with van der Waals surface area (Å²) in [5, 5.41) is 2.77. The van der Waals surface area contributed by atoms with Gasteiger partial charge in [0.25, 0.3) is 0 Å². The normalized spacial score (nSPS) is 13.1. The van der Waals surface area contributed by atoms with Crippen molar-refractivity contribution in [3.05, 3.63) is 35.4 Å². The van der Waals surface area contributed by atoms with Crippen molar-refractivity contribution in [2.24, 2.45) is 0 Å². The van der Waals surface area contributed by atoms with Crippen LogP contribution in [0.5, 0.6) is 0 Å². The standard InChI is InChI=1S/C11H15F2NO2/c1-14-10(11(15-2)16-3)9-7(12)5-4-6-8(9)13/h4-6,10-11,14H,1-3H3. The van der Waals surface area contributed by atoms with Crippen LogP contribution in [0.1, 0.15) is 11.6 Å². The number of halogens is 2. The van der Waals surface area contributed by atoms with Crippen LogP contribution in [0.25, 0.3) is 0 Å². The summed E-state index contributed by atoms with van der Waals surface area (Å²) in [6.07, 6.45) is -0.753. The van der Waals surface area contributed by atoms with Crippen molar-refractivity contribution >= 4 is 0 Å². The first kappa shape index (κ1) is 13.0. The Hall–Kier alpha value is -1.04. The van der Waals surface area contributed by atoms with E-state index in [4.69, 9.17) is 9.47 Å². The van der Waals surface area contributed by atoms with Gasteiger partial charge in [0.05, 0.1) is 6.04 Å². The van der Waals surface area contributed by atoms with E-state index in [1.165, 1.54) is 32.4 Å². The molecule has 0 saturated carbocycles. The van der Waals surface area contributed by atoms with Crippen molar-refractivity contribution in [1.29, 1.82) is 0 Å². The average molecular weight is 231 g/mol. The molecule has 0 radical (unpaired) electrons. The minimum Gasteiger partial charge on any atom is -0.354 e. The Kier molecular flexibility index (Phi) is 4.79. The summed E-state index contributed by atoms with van der Waals surface area (Å²) >= 11 is 0. The highest BCUT2D eigenvalue weighted by Crippen LogP contribution is 2.24. The van der Waals surface area contributed by atoms with E-state index in [-0.39, 0.29) is 5.56 Å². The first-order valence-electron chi connectivity index (χ1n) is 4.82. The van der Waals surface area contributed by atoms with Crippen LogP contribution in [0.4, 0.5) is 8.78 Å². The van der Waals surface area contributed by atoms with Crippen LogP contribution >= 0.6 is 0 Å². The number of hydrogen-bond donors (Lipinski definition) is 1. The van der Waals surface area contributed by atoms with Gasteiger partial charge in [-0.1, -0.05) is 6.07 Å². The highest BCUT2D eigenvalue weighted by molar-refractivity contribution is 5.23. The maximum absolute atomic E-state index is 13.5. The van der Waals surface area contributed by atoms with Crippen LogP contribution in [0.2, 0.25) is 0 Å². The van der Waals surface area contributed by atoms with Gasteiger partial charge in [-0.25, -0.2) is 8.78 Å². The molecule has 5 heteroatoms. The molecule has 0 aliphatic rings. The third-order valence-electron chi connectivity index (χ3n) is 2.36. The zero-order valence-electron chi connectivity index (χ0n) is 9.46. The third-order valence-corrected chi connectivity index (χ3v) is 2.36. The third kappa shape index (κ3) is 2.55. The fourth-order valence-corrected chi connectivity index (χ4v) is 1.59. The lowest BCUT2D eigenvalue weighted by Crippen LogP contribution is -2.33. The molecule has 16 heavy (non-hydrogen) atoms. The second-order valence-electron chi connectivity index (χ2n) is 3.24. The van der Waals surface area contributed by atoms with Crippen molar-refractivity contribution < 1.29 is 18.3 Å². The van der Waals surface area contributed by atoms with Gasteiger partial charge in [0.15, 0.2) is 6.29 Å². The van der Waals surface area contributed by atoms with Gasteiger partial charge in [-0.3, -0.25) is 0 Å². The summed E-state index contributed by atoms with van der Waals surface area (Å²) in [7, 11) is 4.41. The minimum atomic E-state index is -0.753. The number of rotatable bonds is 5. The fourth-order valence-electron chi connectivity index (χ4n) is 1.59. The van der Waals surface area contributed by atoms with Crippen molar-refractivity contribution in [2.75, 3.05) is 21.3 Å². The molecule has 3 nitrogen and oxygen atoms in total. The molecule has 1 aromatic rings. The molecule has 0 heterocycles. The largest absolute Gasteiger partial charge is 0.354 e. The minimum absolute atomic E-state index is 0.0845. The Bertz CT molecular complexity index is 323. The van der Waals surface area contributed by atoms with Gasteiger partial charge in [-0.05, 0) is 19.2 Å². The molecule has 1 atom stereocenters. The number of benzene rings is 1. The molecule has 0 spiro atoms. The molecular formula is C11H15F2NO2. The molecule has 0 aliphatic heterocycles. The van der Waals surface area contributed by atoms with Gasteiger partial charge in [-0.15, -0.1) is 0 Å².